The number of likely N-dealkylation sites (N-methyl/N-ethyl adjacent to an activating group) is 1. The van der Waals surface area contributed by atoms with Gasteiger partial charge in [0.25, 0.3) is 0 Å². The van der Waals surface area contributed by atoms with Crippen LogP contribution in [-0.4, -0.2) is 59.5 Å². The normalized spacial score (nSPS) is 20.4. The lowest BCUT2D eigenvalue weighted by Gasteiger charge is -2.38. The standard InChI is InChI=1S/C21H37N3O4/c1-13(2)16(12-14(3)20(27)28)24(7)19(26)17(21(4,5)6)23-18(25)15-10-8-9-11-22-15/h12-13,15-17,22H,8-11H2,1-7H3,(H,23,25)(H,27,28)/b14-12+/t15?,16-,17?/m1/s1. The molecule has 7 nitrogen and oxygen atoms in total. The van der Waals surface area contributed by atoms with E-state index in [0.717, 1.165) is 25.8 Å². The van der Waals surface area contributed by atoms with Crippen LogP contribution < -0.4 is 10.6 Å². The fourth-order valence-corrected chi connectivity index (χ4v) is 3.40. The van der Waals surface area contributed by atoms with E-state index in [2.05, 4.69) is 10.6 Å². The second-order valence-corrected chi connectivity index (χ2v) is 9.15. The van der Waals surface area contributed by atoms with Crippen molar-refractivity contribution >= 4 is 17.8 Å². The van der Waals surface area contributed by atoms with Gasteiger partial charge in [-0.2, -0.15) is 0 Å². The molecule has 3 N–H and O–H groups in total. The van der Waals surface area contributed by atoms with Gasteiger partial charge >= 0.3 is 5.97 Å². The molecule has 28 heavy (non-hydrogen) atoms. The second-order valence-electron chi connectivity index (χ2n) is 9.15. The Balaban J connectivity index is 3.05. The van der Waals surface area contributed by atoms with Crippen LogP contribution in [0.4, 0.5) is 0 Å². The molecule has 1 saturated heterocycles. The molecule has 0 saturated carbocycles. The zero-order valence-electron chi connectivity index (χ0n) is 18.3. The predicted molar refractivity (Wildman–Crippen MR) is 110 cm³/mol. The number of hydrogen-bond donors (Lipinski definition) is 3. The number of aliphatic carboxylic acids is 1. The van der Waals surface area contributed by atoms with E-state index >= 15 is 0 Å². The van der Waals surface area contributed by atoms with Gasteiger partial charge in [0.15, 0.2) is 0 Å². The van der Waals surface area contributed by atoms with E-state index in [1.54, 1.807) is 18.0 Å². The first kappa shape index (κ1) is 24.1. The second kappa shape index (κ2) is 10.0. The largest absolute Gasteiger partial charge is 0.478 e. The molecule has 0 aliphatic carbocycles. The van der Waals surface area contributed by atoms with Crippen LogP contribution in [0.25, 0.3) is 0 Å². The van der Waals surface area contributed by atoms with Crippen LogP contribution in [-0.2, 0) is 14.4 Å². The molecule has 160 valence electrons. The molecule has 7 heteroatoms. The Kier molecular flexibility index (Phi) is 8.67. The Morgan fingerprint density at radius 3 is 2.25 bits per heavy atom. The quantitative estimate of drug-likeness (QED) is 0.574. The summed E-state index contributed by atoms with van der Waals surface area (Å²) in [6.45, 7) is 12.0. The van der Waals surface area contributed by atoms with Gasteiger partial charge in [0.1, 0.15) is 6.04 Å². The smallest absolute Gasteiger partial charge is 0.331 e. The van der Waals surface area contributed by atoms with Gasteiger partial charge in [-0.3, -0.25) is 9.59 Å². The van der Waals surface area contributed by atoms with Crippen LogP contribution in [0.1, 0.15) is 60.8 Å². The summed E-state index contributed by atoms with van der Waals surface area (Å²) in [7, 11) is 1.67. The number of carboxylic acids is 1. The average Bonchev–Trinajstić information content (AvgIpc) is 2.61. The summed E-state index contributed by atoms with van der Waals surface area (Å²) in [4.78, 5) is 38.8. The number of carbonyl (C=O) groups excluding carboxylic acids is 2. The highest BCUT2D eigenvalue weighted by atomic mass is 16.4. The number of amides is 2. The third-order valence-electron chi connectivity index (χ3n) is 5.26. The third kappa shape index (κ3) is 6.62. The van der Waals surface area contributed by atoms with Gasteiger partial charge in [0, 0.05) is 12.6 Å². The maximum Gasteiger partial charge on any atom is 0.331 e. The third-order valence-corrected chi connectivity index (χ3v) is 5.26. The van der Waals surface area contributed by atoms with Crippen molar-refractivity contribution in [3.05, 3.63) is 11.6 Å². The molecule has 0 spiro atoms. The van der Waals surface area contributed by atoms with Crippen molar-refractivity contribution in [1.82, 2.24) is 15.5 Å². The van der Waals surface area contributed by atoms with Crippen LogP contribution in [0.15, 0.2) is 11.6 Å². The minimum Gasteiger partial charge on any atom is -0.478 e. The monoisotopic (exact) mass is 395 g/mol. The van der Waals surface area contributed by atoms with Crippen LogP contribution >= 0.6 is 0 Å². The molecule has 1 aliphatic rings. The van der Waals surface area contributed by atoms with E-state index in [0.29, 0.717) is 0 Å². The molecule has 2 unspecified atom stereocenters. The summed E-state index contributed by atoms with van der Waals surface area (Å²) in [5, 5.41) is 15.4. The lowest BCUT2D eigenvalue weighted by molar-refractivity contribution is -0.140. The summed E-state index contributed by atoms with van der Waals surface area (Å²) in [6, 6.07) is -1.35. The fourth-order valence-electron chi connectivity index (χ4n) is 3.40. The topological polar surface area (TPSA) is 98.7 Å². The number of piperidine rings is 1. The van der Waals surface area contributed by atoms with Crippen molar-refractivity contribution in [2.75, 3.05) is 13.6 Å². The van der Waals surface area contributed by atoms with Gasteiger partial charge < -0.3 is 20.6 Å². The van der Waals surface area contributed by atoms with Crippen molar-refractivity contribution < 1.29 is 19.5 Å². The Labute approximate surface area is 168 Å². The van der Waals surface area contributed by atoms with Gasteiger partial charge in [-0.05, 0) is 37.6 Å². The summed E-state index contributed by atoms with van der Waals surface area (Å²) >= 11 is 0. The number of carboxylic acid groups (broad SMARTS) is 1. The van der Waals surface area contributed by atoms with Crippen molar-refractivity contribution in [1.29, 1.82) is 0 Å². The predicted octanol–water partition coefficient (Wildman–Crippen LogP) is 2.17. The molecule has 0 aromatic heterocycles. The molecule has 0 aromatic rings. The summed E-state index contributed by atoms with van der Waals surface area (Å²) in [5.74, 6) is -1.35. The van der Waals surface area contributed by atoms with E-state index in [9.17, 15) is 19.5 Å². The van der Waals surface area contributed by atoms with E-state index in [1.165, 1.54) is 6.92 Å². The van der Waals surface area contributed by atoms with Crippen LogP contribution in [0.5, 0.6) is 0 Å². The molecule has 1 rings (SSSR count). The highest BCUT2D eigenvalue weighted by Crippen LogP contribution is 2.24. The van der Waals surface area contributed by atoms with E-state index in [-0.39, 0.29) is 35.4 Å². The molecule has 1 heterocycles. The lowest BCUT2D eigenvalue weighted by atomic mass is 9.84. The first-order valence-electron chi connectivity index (χ1n) is 10.1. The lowest BCUT2D eigenvalue weighted by Crippen LogP contribution is -2.59. The zero-order chi connectivity index (χ0) is 21.6. The van der Waals surface area contributed by atoms with Gasteiger partial charge in [-0.15, -0.1) is 0 Å². The molecular formula is C21H37N3O4. The van der Waals surface area contributed by atoms with Crippen molar-refractivity contribution in [3.8, 4) is 0 Å². The molecule has 1 fully saturated rings. The van der Waals surface area contributed by atoms with Crippen LogP contribution in [0, 0.1) is 11.3 Å². The Bertz CT molecular complexity index is 601. The first-order valence-corrected chi connectivity index (χ1v) is 10.1. The van der Waals surface area contributed by atoms with E-state index in [4.69, 9.17) is 0 Å². The number of carbonyl (C=O) groups is 3. The molecule has 3 atom stereocenters. The van der Waals surface area contributed by atoms with Gasteiger partial charge in [-0.1, -0.05) is 47.1 Å². The molecule has 0 bridgehead atoms. The fraction of sp³-hybridized carbons (Fsp3) is 0.762. The number of nitrogens with zero attached hydrogens (tertiary/aromatic N) is 1. The van der Waals surface area contributed by atoms with Crippen molar-refractivity contribution in [2.24, 2.45) is 11.3 Å². The van der Waals surface area contributed by atoms with Gasteiger partial charge in [0.2, 0.25) is 11.8 Å². The zero-order valence-corrected chi connectivity index (χ0v) is 18.3. The van der Waals surface area contributed by atoms with Gasteiger partial charge in [-0.25, -0.2) is 4.79 Å². The van der Waals surface area contributed by atoms with Crippen molar-refractivity contribution in [2.45, 2.75) is 78.9 Å². The minimum absolute atomic E-state index is 0.0274. The minimum atomic E-state index is -1.00. The first-order chi connectivity index (χ1) is 12.9. The summed E-state index contributed by atoms with van der Waals surface area (Å²) in [5.41, 5.74) is -0.288. The molecule has 2 amide bonds. The van der Waals surface area contributed by atoms with E-state index < -0.39 is 17.4 Å². The molecular weight excluding hydrogens is 358 g/mol. The van der Waals surface area contributed by atoms with Crippen LogP contribution in [0.3, 0.4) is 0 Å². The number of nitrogens with one attached hydrogen (secondary N) is 2. The molecule has 1 aliphatic heterocycles. The Morgan fingerprint density at radius 2 is 1.82 bits per heavy atom. The average molecular weight is 396 g/mol. The SMILES string of the molecule is C/C(=C\[C@H](C(C)C)N(C)C(=O)C(NC(=O)C1CCCCN1)C(C)(C)C)C(=O)O. The summed E-state index contributed by atoms with van der Waals surface area (Å²) < 4.78 is 0. The maximum atomic E-state index is 13.3. The molecule has 0 radical (unpaired) electrons. The highest BCUT2D eigenvalue weighted by Gasteiger charge is 2.38. The Morgan fingerprint density at radius 1 is 1.21 bits per heavy atom. The van der Waals surface area contributed by atoms with Crippen LogP contribution in [0.2, 0.25) is 0 Å². The van der Waals surface area contributed by atoms with E-state index in [1.807, 2.05) is 34.6 Å². The number of hydrogen-bond acceptors (Lipinski definition) is 4. The van der Waals surface area contributed by atoms with Crippen molar-refractivity contribution in [3.63, 3.8) is 0 Å². The molecule has 0 aromatic carbocycles. The maximum absolute atomic E-state index is 13.3. The highest BCUT2D eigenvalue weighted by molar-refractivity contribution is 5.91. The van der Waals surface area contributed by atoms with Gasteiger partial charge in [0.05, 0.1) is 12.1 Å². The Hall–Kier alpha value is -1.89. The number of rotatable bonds is 7. The summed E-state index contributed by atoms with van der Waals surface area (Å²) in [6.07, 6.45) is 4.42.